The predicted octanol–water partition coefficient (Wildman–Crippen LogP) is 6.93. The van der Waals surface area contributed by atoms with Crippen molar-refractivity contribution in [2.75, 3.05) is 22.6 Å². The molecule has 4 amide bonds. The van der Waals surface area contributed by atoms with Crippen LogP contribution >= 0.6 is 0 Å². The van der Waals surface area contributed by atoms with Gasteiger partial charge in [0.25, 0.3) is 0 Å². The van der Waals surface area contributed by atoms with Gasteiger partial charge in [-0.25, -0.2) is 9.59 Å². The van der Waals surface area contributed by atoms with Crippen molar-refractivity contribution in [2.24, 2.45) is 0 Å². The van der Waals surface area contributed by atoms with Crippen LogP contribution in [0.5, 0.6) is 0 Å². The normalized spacial score (nSPS) is 20.9. The zero-order chi connectivity index (χ0) is 41.6. The number of aromatic amines is 2. The zero-order valence-corrected chi connectivity index (χ0v) is 34.4. The lowest BCUT2D eigenvalue weighted by Gasteiger charge is -2.28. The van der Waals surface area contributed by atoms with Gasteiger partial charge in [-0.05, 0) is 101 Å². The van der Waals surface area contributed by atoms with Crippen LogP contribution < -0.4 is 31.5 Å². The van der Waals surface area contributed by atoms with E-state index in [0.717, 1.165) is 95.9 Å². The van der Waals surface area contributed by atoms with Crippen molar-refractivity contribution >= 4 is 52.7 Å². The lowest BCUT2D eigenvalue weighted by atomic mass is 9.98. The molecule has 0 radical (unpaired) electrons. The topological polar surface area (TPSA) is 207 Å². The number of hydrogen-bond acceptors (Lipinski definition) is 10. The summed E-state index contributed by atoms with van der Waals surface area (Å²) in [5, 5.41) is 30.2. The van der Waals surface area contributed by atoms with Gasteiger partial charge in [-0.3, -0.25) is 19.8 Å². The first-order chi connectivity index (χ1) is 28.4. The quantitative estimate of drug-likeness (QED) is 0.0879. The fourth-order valence-electron chi connectivity index (χ4n) is 8.36. The van der Waals surface area contributed by atoms with Gasteiger partial charge in [-0.2, -0.15) is 10.2 Å². The van der Waals surface area contributed by atoms with E-state index >= 15 is 0 Å². The maximum atomic E-state index is 12.1. The number of alkyl carbamates (subject to hydrolysis) is 2. The molecule has 2 saturated carbocycles. The van der Waals surface area contributed by atoms with Crippen molar-refractivity contribution in [1.29, 1.82) is 0 Å². The van der Waals surface area contributed by atoms with Gasteiger partial charge in [0.15, 0.2) is 11.6 Å². The Labute approximate surface area is 344 Å². The Morgan fingerprint density at radius 3 is 1.86 bits per heavy atom. The maximum Gasteiger partial charge on any atom is 0.407 e. The molecule has 314 valence electrons. The van der Waals surface area contributed by atoms with Crippen LogP contribution in [-0.4, -0.2) is 75.7 Å². The van der Waals surface area contributed by atoms with E-state index in [1.807, 2.05) is 77.2 Å². The number of ether oxygens (including phenoxy) is 2. The first kappa shape index (κ1) is 41.1. The lowest BCUT2D eigenvalue weighted by molar-refractivity contribution is -0.121. The Kier molecular flexibility index (Phi) is 12.7. The second-order valence-electron chi connectivity index (χ2n) is 16.5. The lowest BCUT2D eigenvalue weighted by Crippen LogP contribution is -2.33. The Hall–Kier alpha value is -6.06. The van der Waals surface area contributed by atoms with Crippen molar-refractivity contribution in [3.8, 4) is 0 Å². The molecule has 4 aromatic rings. The number of aryl methyl sites for hydroxylation is 1. The number of amides is 4. The minimum atomic E-state index is -0.352. The fraction of sp³-hybridized carbons (Fsp3) is 0.488. The first-order valence-electron chi connectivity index (χ1n) is 20.7. The largest absolute Gasteiger partial charge is 0.446 e. The summed E-state index contributed by atoms with van der Waals surface area (Å²) in [5.74, 6) is 2.16. The van der Waals surface area contributed by atoms with Gasteiger partial charge < -0.3 is 41.0 Å². The summed E-state index contributed by atoms with van der Waals surface area (Å²) in [7, 11) is 1.82. The Morgan fingerprint density at radius 1 is 0.746 bits per heavy atom. The van der Waals surface area contributed by atoms with Gasteiger partial charge in [0.1, 0.15) is 12.2 Å². The molecule has 2 aromatic heterocycles. The maximum absolute atomic E-state index is 12.1. The molecule has 2 aliphatic heterocycles. The third-order valence-electron chi connectivity index (χ3n) is 11.3. The van der Waals surface area contributed by atoms with Crippen molar-refractivity contribution < 1.29 is 28.7 Å². The Morgan fingerprint density at radius 2 is 1.29 bits per heavy atom. The van der Waals surface area contributed by atoms with E-state index in [9.17, 15) is 19.2 Å². The molecule has 2 aromatic carbocycles. The van der Waals surface area contributed by atoms with E-state index in [1.165, 1.54) is 0 Å². The van der Waals surface area contributed by atoms with Crippen LogP contribution in [0.25, 0.3) is 0 Å². The number of carbonyl (C=O) groups is 4. The highest BCUT2D eigenvalue weighted by molar-refractivity contribution is 6.00. The highest BCUT2D eigenvalue weighted by Crippen LogP contribution is 2.39. The number of nitrogens with one attached hydrogen (secondary N) is 7. The van der Waals surface area contributed by atoms with E-state index in [2.05, 4.69) is 53.0 Å². The minimum absolute atomic E-state index is 0.0352. The van der Waals surface area contributed by atoms with Crippen LogP contribution in [0.15, 0.2) is 48.5 Å². The van der Waals surface area contributed by atoms with Gasteiger partial charge in [-0.1, -0.05) is 24.3 Å². The number of para-hydroxylation sites is 1. The molecule has 4 atom stereocenters. The fourth-order valence-corrected chi connectivity index (χ4v) is 8.36. The van der Waals surface area contributed by atoms with Crippen molar-refractivity contribution in [2.45, 2.75) is 128 Å². The van der Waals surface area contributed by atoms with Crippen LogP contribution in [0, 0.1) is 0 Å². The van der Waals surface area contributed by atoms with Gasteiger partial charge in [0.05, 0.1) is 17.8 Å². The molecule has 59 heavy (non-hydrogen) atoms. The van der Waals surface area contributed by atoms with Gasteiger partial charge in [-0.15, -0.1) is 0 Å². The molecule has 4 heterocycles. The molecule has 2 fully saturated rings. The van der Waals surface area contributed by atoms with Crippen LogP contribution in [0.3, 0.4) is 0 Å². The second-order valence-corrected chi connectivity index (χ2v) is 16.5. The summed E-state index contributed by atoms with van der Waals surface area (Å²) in [6.45, 7) is 8.20. The molecule has 0 bridgehead atoms. The average molecular weight is 809 g/mol. The van der Waals surface area contributed by atoms with E-state index < -0.39 is 0 Å². The summed E-state index contributed by atoms with van der Waals surface area (Å²) in [5.41, 5.74) is 8.07. The van der Waals surface area contributed by atoms with Gasteiger partial charge >= 0.3 is 12.2 Å². The summed E-state index contributed by atoms with van der Waals surface area (Å²) in [6.07, 6.45) is 5.97. The summed E-state index contributed by atoms with van der Waals surface area (Å²) in [6, 6.07) is 16.2. The molecule has 2 aliphatic carbocycles. The van der Waals surface area contributed by atoms with E-state index in [0.29, 0.717) is 25.2 Å². The Balaban J connectivity index is 0.000000179. The number of nitrogens with zero attached hydrogens (tertiary/aromatic N) is 3. The SMILES string of the molecule is CC(C)NC(=O)OC1CC[C@H](c2cc(Nc3cccc4c3CC(=O)NC4)n[nH]2)C1.CC(C)NC(=O)O[C@@H]1CC[C@H](c2cc(Nc3cccc4c3N(C)C(=O)CC4)n[nH]2)C1. The van der Waals surface area contributed by atoms with Crippen LogP contribution in [0.2, 0.25) is 0 Å². The third-order valence-corrected chi connectivity index (χ3v) is 11.3. The van der Waals surface area contributed by atoms with Gasteiger partial charge in [0.2, 0.25) is 11.8 Å². The number of benzene rings is 2. The summed E-state index contributed by atoms with van der Waals surface area (Å²) < 4.78 is 11.0. The second kappa shape index (κ2) is 18.2. The number of fused-ring (bicyclic) bond motifs is 2. The van der Waals surface area contributed by atoms with Crippen molar-refractivity contribution in [3.05, 3.63) is 76.6 Å². The van der Waals surface area contributed by atoms with Crippen LogP contribution in [0.1, 0.15) is 113 Å². The first-order valence-corrected chi connectivity index (χ1v) is 20.7. The summed E-state index contributed by atoms with van der Waals surface area (Å²) >= 11 is 0. The molecule has 8 rings (SSSR count). The minimum Gasteiger partial charge on any atom is -0.446 e. The molecule has 7 N–H and O–H groups in total. The highest BCUT2D eigenvalue weighted by atomic mass is 16.6. The molecule has 4 aliphatic rings. The molecule has 16 nitrogen and oxygen atoms in total. The van der Waals surface area contributed by atoms with Crippen LogP contribution in [0.4, 0.5) is 38.3 Å². The number of rotatable bonds is 10. The van der Waals surface area contributed by atoms with E-state index in [1.54, 1.807) is 4.90 Å². The molecular weight excluding hydrogens is 753 g/mol. The number of hydrogen-bond donors (Lipinski definition) is 7. The van der Waals surface area contributed by atoms with Crippen molar-refractivity contribution in [1.82, 2.24) is 36.3 Å². The molecule has 0 saturated heterocycles. The monoisotopic (exact) mass is 808 g/mol. The van der Waals surface area contributed by atoms with Crippen molar-refractivity contribution in [3.63, 3.8) is 0 Å². The average Bonchev–Trinajstić information content (AvgIpc) is 4.02. The number of carbonyl (C=O) groups excluding carboxylic acids is 4. The number of aromatic nitrogens is 4. The molecular formula is C43H56N10O6. The van der Waals surface area contributed by atoms with E-state index in [-0.39, 0.29) is 60.1 Å². The number of anilines is 5. The standard InChI is InChI=1S/C22H29N5O3.C21H27N5O3/c1-13(2)23-22(29)30-16-9-7-15(11-16)18-12-19(26-25-18)24-17-6-4-5-14-8-10-20(28)27(3)21(14)17;1-12(2)23-21(28)29-15-7-6-13(8-15)18-10-19(26-25-18)24-17-5-3-4-14-11-22-20(27)9-16(14)17/h4-6,12-13,15-16H,7-11H2,1-3H3,(H,23,29)(H2,24,25,26);3-5,10,12-13,15H,6-9,11H2,1-2H3,(H,22,27)(H,23,28)(H2,24,25,26)/t15-,16+;13-,15?/m00/s1. The molecule has 16 heteroatoms. The third kappa shape index (κ3) is 10.3. The number of H-pyrrole nitrogens is 2. The summed E-state index contributed by atoms with van der Waals surface area (Å²) in [4.78, 5) is 49.3. The molecule has 0 spiro atoms. The zero-order valence-electron chi connectivity index (χ0n) is 34.4. The van der Waals surface area contributed by atoms with Gasteiger partial charge in [0, 0.05) is 73.1 Å². The Bertz CT molecular complexity index is 2150. The predicted molar refractivity (Wildman–Crippen MR) is 224 cm³/mol. The van der Waals surface area contributed by atoms with Crippen LogP contribution in [-0.2, 0) is 38.4 Å². The smallest absolute Gasteiger partial charge is 0.407 e. The highest BCUT2D eigenvalue weighted by Gasteiger charge is 2.32. The van der Waals surface area contributed by atoms with E-state index in [4.69, 9.17) is 9.47 Å². The molecule has 1 unspecified atom stereocenters.